The van der Waals surface area contributed by atoms with E-state index in [9.17, 15) is 26.4 Å². The van der Waals surface area contributed by atoms with Gasteiger partial charge in [0.15, 0.2) is 0 Å². The zero-order valence-corrected chi connectivity index (χ0v) is 11.9. The fraction of sp³-hybridized carbons (Fsp3) is 0.417. The summed E-state index contributed by atoms with van der Waals surface area (Å²) in [6, 6.07) is 5.23. The summed E-state index contributed by atoms with van der Waals surface area (Å²) in [5.41, 5.74) is 0.538. The fourth-order valence-electron chi connectivity index (χ4n) is 1.44. The van der Waals surface area contributed by atoms with Crippen molar-refractivity contribution in [2.24, 2.45) is 0 Å². The van der Waals surface area contributed by atoms with Gasteiger partial charge in [-0.3, -0.25) is 4.79 Å². The molecule has 0 aromatic heterocycles. The molecule has 118 valence electrons. The van der Waals surface area contributed by atoms with Crippen LogP contribution in [0.25, 0.3) is 0 Å². The standard InChI is InChI=1S/C12H14F3NO4S/c1-20-11(17)8-9-2-4-10(5-3-9)21(18,19)16-7-6-12(13,14)15/h2-5,16H,6-8H2,1H3. The predicted octanol–water partition coefficient (Wildman–Crippen LogP) is 1.63. The van der Waals surface area contributed by atoms with Crippen molar-refractivity contribution >= 4 is 16.0 Å². The first-order chi connectivity index (χ1) is 9.64. The van der Waals surface area contributed by atoms with Gasteiger partial charge >= 0.3 is 12.1 Å². The van der Waals surface area contributed by atoms with Gasteiger partial charge in [-0.2, -0.15) is 13.2 Å². The second-order valence-electron chi connectivity index (χ2n) is 4.16. The number of carbonyl (C=O) groups is 1. The molecule has 0 saturated heterocycles. The lowest BCUT2D eigenvalue weighted by Crippen LogP contribution is -2.28. The first-order valence-corrected chi connectivity index (χ1v) is 7.34. The minimum atomic E-state index is -4.42. The van der Waals surface area contributed by atoms with Crippen LogP contribution in [0.1, 0.15) is 12.0 Å². The van der Waals surface area contributed by atoms with Crippen LogP contribution in [0.3, 0.4) is 0 Å². The highest BCUT2D eigenvalue weighted by Gasteiger charge is 2.27. The number of hydrogen-bond acceptors (Lipinski definition) is 4. The molecule has 1 N–H and O–H groups in total. The van der Waals surface area contributed by atoms with E-state index in [4.69, 9.17) is 0 Å². The van der Waals surface area contributed by atoms with E-state index in [1.54, 1.807) is 0 Å². The monoisotopic (exact) mass is 325 g/mol. The Kier molecular flexibility index (Phi) is 5.73. The molecule has 0 atom stereocenters. The number of carbonyl (C=O) groups excluding carboxylic acids is 1. The third-order valence-corrected chi connectivity index (χ3v) is 3.99. The molecule has 0 aliphatic rings. The lowest BCUT2D eigenvalue weighted by atomic mass is 10.2. The van der Waals surface area contributed by atoms with E-state index < -0.39 is 35.1 Å². The number of hydrogen-bond donors (Lipinski definition) is 1. The van der Waals surface area contributed by atoms with Gasteiger partial charge in [0.2, 0.25) is 10.0 Å². The van der Waals surface area contributed by atoms with Crippen LogP contribution in [0.15, 0.2) is 29.2 Å². The van der Waals surface area contributed by atoms with Crippen molar-refractivity contribution in [3.8, 4) is 0 Å². The summed E-state index contributed by atoms with van der Waals surface area (Å²) in [4.78, 5) is 10.9. The summed E-state index contributed by atoms with van der Waals surface area (Å²) in [6.45, 7) is -0.726. The quantitative estimate of drug-likeness (QED) is 0.807. The van der Waals surface area contributed by atoms with Crippen LogP contribution in [0.4, 0.5) is 13.2 Å². The summed E-state index contributed by atoms with van der Waals surface area (Å²) in [5, 5.41) is 0. The number of benzene rings is 1. The molecule has 0 spiro atoms. The Balaban J connectivity index is 2.69. The predicted molar refractivity (Wildman–Crippen MR) is 68.0 cm³/mol. The molecule has 0 aliphatic carbocycles. The molecule has 0 heterocycles. The molecule has 0 bridgehead atoms. The maximum absolute atomic E-state index is 12.0. The minimum Gasteiger partial charge on any atom is -0.469 e. The lowest BCUT2D eigenvalue weighted by molar-refractivity contribution is -0.139. The van der Waals surface area contributed by atoms with Gasteiger partial charge in [0.05, 0.1) is 24.8 Å². The van der Waals surface area contributed by atoms with E-state index in [1.807, 2.05) is 4.72 Å². The first kappa shape index (κ1) is 17.4. The minimum absolute atomic E-state index is 0.0155. The Bertz CT molecular complexity index is 582. The van der Waals surface area contributed by atoms with Crippen molar-refractivity contribution in [1.29, 1.82) is 0 Å². The molecule has 21 heavy (non-hydrogen) atoms. The normalized spacial score (nSPS) is 12.2. The molecular formula is C12H14F3NO4S. The molecule has 0 unspecified atom stereocenters. The highest BCUT2D eigenvalue weighted by molar-refractivity contribution is 7.89. The zero-order chi connectivity index (χ0) is 16.1. The van der Waals surface area contributed by atoms with Crippen LogP contribution in [0.2, 0.25) is 0 Å². The van der Waals surface area contributed by atoms with Gasteiger partial charge < -0.3 is 4.74 Å². The Labute approximate surface area is 120 Å². The molecule has 0 radical (unpaired) electrons. The number of esters is 1. The highest BCUT2D eigenvalue weighted by Crippen LogP contribution is 2.19. The number of halogens is 3. The van der Waals surface area contributed by atoms with Gasteiger partial charge in [-0.05, 0) is 17.7 Å². The Morgan fingerprint density at radius 3 is 2.29 bits per heavy atom. The highest BCUT2D eigenvalue weighted by atomic mass is 32.2. The van der Waals surface area contributed by atoms with Crippen molar-refractivity contribution < 1.29 is 31.1 Å². The molecule has 0 fully saturated rings. The van der Waals surface area contributed by atoms with Crippen LogP contribution < -0.4 is 4.72 Å². The van der Waals surface area contributed by atoms with Crippen molar-refractivity contribution in [2.45, 2.75) is 23.9 Å². The van der Waals surface area contributed by atoms with E-state index in [-0.39, 0.29) is 11.3 Å². The molecule has 0 saturated carbocycles. The number of nitrogens with one attached hydrogen (secondary N) is 1. The van der Waals surface area contributed by atoms with Crippen LogP contribution >= 0.6 is 0 Å². The van der Waals surface area contributed by atoms with Crippen molar-refractivity contribution in [3.05, 3.63) is 29.8 Å². The Hall–Kier alpha value is -1.61. The topological polar surface area (TPSA) is 72.5 Å². The summed E-state index contributed by atoms with van der Waals surface area (Å²) < 4.78 is 65.7. The smallest absolute Gasteiger partial charge is 0.390 e. The third-order valence-electron chi connectivity index (χ3n) is 2.51. The van der Waals surface area contributed by atoms with E-state index >= 15 is 0 Å². The molecule has 0 amide bonds. The number of methoxy groups -OCH3 is 1. The fourth-order valence-corrected chi connectivity index (χ4v) is 2.47. The van der Waals surface area contributed by atoms with E-state index in [2.05, 4.69) is 4.74 Å². The maximum atomic E-state index is 12.0. The summed E-state index contributed by atoms with van der Waals surface area (Å²) in [5.74, 6) is -0.478. The molecule has 1 rings (SSSR count). The van der Waals surface area contributed by atoms with Crippen molar-refractivity contribution in [1.82, 2.24) is 4.72 Å². The number of rotatable bonds is 6. The lowest BCUT2D eigenvalue weighted by Gasteiger charge is -2.09. The van der Waals surface area contributed by atoms with Gasteiger partial charge in [-0.15, -0.1) is 0 Å². The molecular weight excluding hydrogens is 311 g/mol. The van der Waals surface area contributed by atoms with Gasteiger partial charge in [0.25, 0.3) is 0 Å². The van der Waals surface area contributed by atoms with Gasteiger partial charge in [0.1, 0.15) is 0 Å². The Morgan fingerprint density at radius 1 is 1.24 bits per heavy atom. The SMILES string of the molecule is COC(=O)Cc1ccc(S(=O)(=O)NCCC(F)(F)F)cc1. The molecule has 1 aromatic rings. The second kappa shape index (κ2) is 6.90. The number of alkyl halides is 3. The molecule has 9 heteroatoms. The summed E-state index contributed by atoms with van der Waals surface area (Å²) in [7, 11) is -2.77. The van der Waals surface area contributed by atoms with E-state index in [0.717, 1.165) is 0 Å². The number of sulfonamides is 1. The van der Waals surface area contributed by atoms with Crippen LogP contribution in [0.5, 0.6) is 0 Å². The Morgan fingerprint density at radius 2 is 1.81 bits per heavy atom. The van der Waals surface area contributed by atoms with Gasteiger partial charge in [0, 0.05) is 6.54 Å². The number of ether oxygens (including phenoxy) is 1. The van der Waals surface area contributed by atoms with Crippen molar-refractivity contribution in [3.63, 3.8) is 0 Å². The molecule has 5 nitrogen and oxygen atoms in total. The van der Waals surface area contributed by atoms with E-state index in [1.165, 1.54) is 31.4 Å². The summed E-state index contributed by atoms with van der Waals surface area (Å²) >= 11 is 0. The average molecular weight is 325 g/mol. The van der Waals surface area contributed by atoms with Crippen LogP contribution in [-0.4, -0.2) is 34.2 Å². The van der Waals surface area contributed by atoms with E-state index in [0.29, 0.717) is 5.56 Å². The first-order valence-electron chi connectivity index (χ1n) is 5.86. The maximum Gasteiger partial charge on any atom is 0.390 e. The summed E-state index contributed by atoms with van der Waals surface area (Å²) in [6.07, 6.45) is -5.68. The van der Waals surface area contributed by atoms with Gasteiger partial charge in [-0.1, -0.05) is 12.1 Å². The second-order valence-corrected chi connectivity index (χ2v) is 5.93. The van der Waals surface area contributed by atoms with Gasteiger partial charge in [-0.25, -0.2) is 13.1 Å². The molecule has 0 aliphatic heterocycles. The zero-order valence-electron chi connectivity index (χ0n) is 11.1. The third kappa shape index (κ3) is 6.13. The molecule has 1 aromatic carbocycles. The van der Waals surface area contributed by atoms with Crippen LogP contribution in [-0.2, 0) is 26.0 Å². The largest absolute Gasteiger partial charge is 0.469 e. The van der Waals surface area contributed by atoms with Crippen LogP contribution in [0, 0.1) is 0 Å². The average Bonchev–Trinajstić information content (AvgIpc) is 2.37. The van der Waals surface area contributed by atoms with Crippen molar-refractivity contribution in [2.75, 3.05) is 13.7 Å².